The second kappa shape index (κ2) is 6.37. The van der Waals surface area contributed by atoms with Crippen LogP contribution in [0.5, 0.6) is 0 Å². The molecule has 2 rings (SSSR count). The van der Waals surface area contributed by atoms with Gasteiger partial charge in [0.15, 0.2) is 0 Å². The molecule has 2 aromatic rings. The van der Waals surface area contributed by atoms with Gasteiger partial charge in [-0.3, -0.25) is 20.4 Å². The SMILES string of the molecule is Cc1ccc(C(=O)NNC(=O)c2cc(Cl)ccc2F)cc1. The summed E-state index contributed by atoms with van der Waals surface area (Å²) in [6.45, 7) is 1.89. The summed E-state index contributed by atoms with van der Waals surface area (Å²) in [4.78, 5) is 23.6. The quantitative estimate of drug-likeness (QED) is 0.838. The fourth-order valence-corrected chi connectivity index (χ4v) is 1.80. The van der Waals surface area contributed by atoms with Crippen molar-refractivity contribution in [3.63, 3.8) is 0 Å². The van der Waals surface area contributed by atoms with Crippen LogP contribution in [-0.2, 0) is 0 Å². The molecule has 0 radical (unpaired) electrons. The molecular weight excluding hydrogens is 295 g/mol. The number of hydrogen-bond acceptors (Lipinski definition) is 2. The second-order valence-electron chi connectivity index (χ2n) is 4.40. The molecule has 0 saturated carbocycles. The van der Waals surface area contributed by atoms with Crippen molar-refractivity contribution in [1.29, 1.82) is 0 Å². The zero-order valence-corrected chi connectivity index (χ0v) is 11.9. The number of rotatable bonds is 2. The lowest BCUT2D eigenvalue weighted by molar-refractivity contribution is 0.0844. The Labute approximate surface area is 125 Å². The van der Waals surface area contributed by atoms with E-state index >= 15 is 0 Å². The number of halogens is 2. The van der Waals surface area contributed by atoms with Gasteiger partial charge in [-0.25, -0.2) is 4.39 Å². The molecule has 2 aromatic carbocycles. The summed E-state index contributed by atoms with van der Waals surface area (Å²) in [6, 6.07) is 10.4. The minimum atomic E-state index is -0.782. The number of amides is 2. The van der Waals surface area contributed by atoms with Crippen LogP contribution in [0.4, 0.5) is 4.39 Å². The number of carbonyl (C=O) groups is 2. The van der Waals surface area contributed by atoms with Gasteiger partial charge in [0.2, 0.25) is 0 Å². The van der Waals surface area contributed by atoms with Crippen molar-refractivity contribution in [2.45, 2.75) is 6.92 Å². The van der Waals surface area contributed by atoms with E-state index < -0.39 is 17.6 Å². The molecule has 0 spiro atoms. The van der Waals surface area contributed by atoms with E-state index in [1.807, 2.05) is 6.92 Å². The van der Waals surface area contributed by atoms with Crippen LogP contribution in [0, 0.1) is 12.7 Å². The van der Waals surface area contributed by atoms with Gasteiger partial charge in [-0.1, -0.05) is 29.3 Å². The zero-order chi connectivity index (χ0) is 15.4. The standard InChI is InChI=1S/C15H12ClFN2O2/c1-9-2-4-10(5-3-9)14(20)18-19-15(21)12-8-11(16)6-7-13(12)17/h2-8H,1H3,(H,18,20)(H,19,21). The minimum Gasteiger partial charge on any atom is -0.267 e. The molecule has 0 atom stereocenters. The van der Waals surface area contributed by atoms with Crippen LogP contribution in [-0.4, -0.2) is 11.8 Å². The Morgan fingerprint density at radius 1 is 1.00 bits per heavy atom. The van der Waals surface area contributed by atoms with Crippen LogP contribution in [0.15, 0.2) is 42.5 Å². The maximum atomic E-state index is 13.5. The van der Waals surface area contributed by atoms with E-state index in [4.69, 9.17) is 11.6 Å². The average Bonchev–Trinajstić information content (AvgIpc) is 2.47. The lowest BCUT2D eigenvalue weighted by Gasteiger charge is -2.08. The van der Waals surface area contributed by atoms with Crippen LogP contribution in [0.1, 0.15) is 26.3 Å². The van der Waals surface area contributed by atoms with Crippen LogP contribution < -0.4 is 10.9 Å². The molecular formula is C15H12ClFN2O2. The summed E-state index contributed by atoms with van der Waals surface area (Å²) in [5.41, 5.74) is 5.51. The zero-order valence-electron chi connectivity index (χ0n) is 11.1. The first-order chi connectivity index (χ1) is 9.97. The molecule has 0 fully saturated rings. The van der Waals surface area contributed by atoms with Gasteiger partial charge in [-0.2, -0.15) is 0 Å². The molecule has 2 N–H and O–H groups in total. The van der Waals surface area contributed by atoms with Crippen LogP contribution in [0.3, 0.4) is 0 Å². The fourth-order valence-electron chi connectivity index (χ4n) is 1.63. The number of carbonyl (C=O) groups excluding carboxylic acids is 2. The number of benzene rings is 2. The van der Waals surface area contributed by atoms with E-state index in [0.29, 0.717) is 5.56 Å². The third-order valence-electron chi connectivity index (χ3n) is 2.78. The molecule has 0 aliphatic heterocycles. The third kappa shape index (κ3) is 3.79. The molecule has 0 unspecified atom stereocenters. The summed E-state index contributed by atoms with van der Waals surface area (Å²) in [5.74, 6) is -2.00. The Bertz CT molecular complexity index is 687. The highest BCUT2D eigenvalue weighted by atomic mass is 35.5. The van der Waals surface area contributed by atoms with E-state index in [-0.39, 0.29) is 10.6 Å². The van der Waals surface area contributed by atoms with E-state index in [1.54, 1.807) is 24.3 Å². The summed E-state index contributed by atoms with van der Waals surface area (Å²) in [7, 11) is 0. The first kappa shape index (κ1) is 15.0. The first-order valence-electron chi connectivity index (χ1n) is 6.10. The van der Waals surface area contributed by atoms with Gasteiger partial charge in [0.25, 0.3) is 11.8 Å². The Hall–Kier alpha value is -2.40. The van der Waals surface area contributed by atoms with Gasteiger partial charge >= 0.3 is 0 Å². The topological polar surface area (TPSA) is 58.2 Å². The molecule has 0 aromatic heterocycles. The van der Waals surface area contributed by atoms with Crippen LogP contribution >= 0.6 is 11.6 Å². The molecule has 0 bridgehead atoms. The predicted octanol–water partition coefficient (Wildman–Crippen LogP) is 2.86. The molecule has 21 heavy (non-hydrogen) atoms. The smallest absolute Gasteiger partial charge is 0.267 e. The highest BCUT2D eigenvalue weighted by molar-refractivity contribution is 6.31. The Kier molecular flexibility index (Phi) is 4.55. The summed E-state index contributed by atoms with van der Waals surface area (Å²) in [6.07, 6.45) is 0. The largest absolute Gasteiger partial charge is 0.272 e. The van der Waals surface area contributed by atoms with Gasteiger partial charge in [0.05, 0.1) is 5.56 Å². The summed E-state index contributed by atoms with van der Waals surface area (Å²) >= 11 is 5.70. The number of hydrazine groups is 1. The molecule has 0 aliphatic rings. The summed E-state index contributed by atoms with van der Waals surface area (Å²) < 4.78 is 13.5. The van der Waals surface area contributed by atoms with Crippen molar-refractivity contribution in [3.05, 3.63) is 70.0 Å². The lowest BCUT2D eigenvalue weighted by Crippen LogP contribution is -2.41. The Morgan fingerprint density at radius 2 is 1.62 bits per heavy atom. The number of nitrogens with one attached hydrogen (secondary N) is 2. The van der Waals surface area contributed by atoms with Gasteiger partial charge in [0, 0.05) is 10.6 Å². The third-order valence-corrected chi connectivity index (χ3v) is 3.01. The number of aryl methyl sites for hydroxylation is 1. The van der Waals surface area contributed by atoms with E-state index in [2.05, 4.69) is 10.9 Å². The Balaban J connectivity index is 2.02. The average molecular weight is 307 g/mol. The van der Waals surface area contributed by atoms with Crippen molar-refractivity contribution in [2.24, 2.45) is 0 Å². The van der Waals surface area contributed by atoms with Gasteiger partial charge in [-0.15, -0.1) is 0 Å². The molecule has 108 valence electrons. The van der Waals surface area contributed by atoms with Crippen molar-refractivity contribution >= 4 is 23.4 Å². The van der Waals surface area contributed by atoms with Crippen LogP contribution in [0.2, 0.25) is 5.02 Å². The maximum absolute atomic E-state index is 13.5. The van der Waals surface area contributed by atoms with Crippen molar-refractivity contribution in [1.82, 2.24) is 10.9 Å². The molecule has 2 amide bonds. The molecule has 0 aliphatic carbocycles. The monoisotopic (exact) mass is 306 g/mol. The normalized spacial score (nSPS) is 10.0. The van der Waals surface area contributed by atoms with E-state index in [9.17, 15) is 14.0 Å². The lowest BCUT2D eigenvalue weighted by atomic mass is 10.1. The Morgan fingerprint density at radius 3 is 2.29 bits per heavy atom. The summed E-state index contributed by atoms with van der Waals surface area (Å²) in [5, 5.41) is 0.228. The second-order valence-corrected chi connectivity index (χ2v) is 4.83. The highest BCUT2D eigenvalue weighted by Gasteiger charge is 2.13. The minimum absolute atomic E-state index is 0.228. The number of hydrogen-bond donors (Lipinski definition) is 2. The molecule has 0 saturated heterocycles. The van der Waals surface area contributed by atoms with E-state index in [1.165, 1.54) is 12.1 Å². The van der Waals surface area contributed by atoms with Gasteiger partial charge < -0.3 is 0 Å². The first-order valence-corrected chi connectivity index (χ1v) is 6.47. The highest BCUT2D eigenvalue weighted by Crippen LogP contribution is 2.14. The molecule has 6 heteroatoms. The van der Waals surface area contributed by atoms with Gasteiger partial charge in [0.1, 0.15) is 5.82 Å². The van der Waals surface area contributed by atoms with E-state index in [0.717, 1.165) is 11.6 Å². The van der Waals surface area contributed by atoms with Crippen molar-refractivity contribution < 1.29 is 14.0 Å². The van der Waals surface area contributed by atoms with Crippen LogP contribution in [0.25, 0.3) is 0 Å². The van der Waals surface area contributed by atoms with Crippen molar-refractivity contribution in [3.8, 4) is 0 Å². The predicted molar refractivity (Wildman–Crippen MR) is 77.5 cm³/mol. The molecule has 0 heterocycles. The maximum Gasteiger partial charge on any atom is 0.272 e. The fraction of sp³-hybridized carbons (Fsp3) is 0.0667. The van der Waals surface area contributed by atoms with Gasteiger partial charge in [-0.05, 0) is 37.3 Å². The van der Waals surface area contributed by atoms with Crippen molar-refractivity contribution in [2.75, 3.05) is 0 Å². The molecule has 4 nitrogen and oxygen atoms in total.